The van der Waals surface area contributed by atoms with Crippen molar-refractivity contribution >= 4 is 30.6 Å². The van der Waals surface area contributed by atoms with Gasteiger partial charge < -0.3 is 5.32 Å². The van der Waals surface area contributed by atoms with Gasteiger partial charge in [0, 0.05) is 21.0 Å². The minimum absolute atomic E-state index is 0.230. The van der Waals surface area contributed by atoms with Crippen molar-refractivity contribution in [3.05, 3.63) is 11.8 Å². The van der Waals surface area contributed by atoms with Crippen LogP contribution >= 0.6 is 20.7 Å². The number of allylic oxidation sites excluding steroid dienone is 2. The van der Waals surface area contributed by atoms with Crippen molar-refractivity contribution in [3.8, 4) is 0 Å². The van der Waals surface area contributed by atoms with Crippen molar-refractivity contribution in [1.29, 1.82) is 0 Å². The van der Waals surface area contributed by atoms with Gasteiger partial charge in [0.2, 0.25) is 5.91 Å². The SMILES string of the molecule is C[C@]12CCC(=O)NC1=CC[C@@H]1[C@@H]2CC[C@]2(C)I=CC[C@@H]12. The minimum Gasteiger partial charge on any atom is -0.330 e. The lowest BCUT2D eigenvalue weighted by Crippen LogP contribution is -2.53. The van der Waals surface area contributed by atoms with Crippen molar-refractivity contribution in [2.24, 2.45) is 23.2 Å². The lowest BCUT2D eigenvalue weighted by atomic mass is 9.52. The van der Waals surface area contributed by atoms with Crippen LogP contribution in [0.5, 0.6) is 0 Å². The first-order valence-corrected chi connectivity index (χ1v) is 10.3. The molecule has 2 heterocycles. The molecular formula is C17H24INO. The Morgan fingerprint density at radius 3 is 2.95 bits per heavy atom. The van der Waals surface area contributed by atoms with Crippen LogP contribution in [-0.4, -0.2) is 13.3 Å². The van der Waals surface area contributed by atoms with Crippen molar-refractivity contribution in [2.75, 3.05) is 0 Å². The summed E-state index contributed by atoms with van der Waals surface area (Å²) in [5, 5.41) is 3.18. The van der Waals surface area contributed by atoms with Gasteiger partial charge in [0.15, 0.2) is 0 Å². The highest BCUT2D eigenvalue weighted by atomic mass is 127. The largest absolute Gasteiger partial charge is 0.330 e. The van der Waals surface area contributed by atoms with Gasteiger partial charge in [-0.15, -0.1) is 20.7 Å². The fourth-order valence-corrected chi connectivity index (χ4v) is 8.95. The summed E-state index contributed by atoms with van der Waals surface area (Å²) >= 11 is 0.304. The monoisotopic (exact) mass is 385 g/mol. The zero-order valence-electron chi connectivity index (χ0n) is 12.4. The fraction of sp³-hybridized carbons (Fsp3) is 0.765. The fourth-order valence-electron chi connectivity index (χ4n) is 5.34. The molecule has 0 spiro atoms. The first-order valence-electron chi connectivity index (χ1n) is 8.00. The van der Waals surface area contributed by atoms with Crippen LogP contribution in [-0.2, 0) is 4.79 Å². The zero-order valence-corrected chi connectivity index (χ0v) is 14.6. The summed E-state index contributed by atoms with van der Waals surface area (Å²) in [6.45, 7) is 4.99. The van der Waals surface area contributed by atoms with Gasteiger partial charge in [0.1, 0.15) is 0 Å². The summed E-state index contributed by atoms with van der Waals surface area (Å²) in [6.07, 6.45) is 9.55. The average Bonchev–Trinajstić information content (AvgIpc) is 2.81. The Morgan fingerprint density at radius 2 is 2.10 bits per heavy atom. The summed E-state index contributed by atoms with van der Waals surface area (Å²) in [5.74, 6) is 2.84. The van der Waals surface area contributed by atoms with Crippen molar-refractivity contribution in [3.63, 3.8) is 0 Å². The van der Waals surface area contributed by atoms with E-state index in [1.54, 1.807) is 0 Å². The van der Waals surface area contributed by atoms with Crippen LogP contribution in [0.4, 0.5) is 0 Å². The molecule has 1 saturated heterocycles. The van der Waals surface area contributed by atoms with E-state index in [2.05, 4.69) is 29.3 Å². The number of nitrogens with one attached hydrogen (secondary N) is 1. The van der Waals surface area contributed by atoms with Crippen LogP contribution in [0.25, 0.3) is 0 Å². The molecule has 0 bridgehead atoms. The first kappa shape index (κ1) is 13.5. The van der Waals surface area contributed by atoms with Crippen LogP contribution in [0.2, 0.25) is 0 Å². The molecule has 2 aliphatic heterocycles. The third kappa shape index (κ3) is 1.74. The summed E-state index contributed by atoms with van der Waals surface area (Å²) in [6, 6.07) is 0. The topological polar surface area (TPSA) is 29.1 Å². The molecule has 5 atom stereocenters. The Bertz CT molecular complexity index is 525. The maximum atomic E-state index is 11.7. The predicted octanol–water partition coefficient (Wildman–Crippen LogP) is 3.77. The number of halogens is 1. The smallest absolute Gasteiger partial charge is 0.224 e. The Morgan fingerprint density at radius 1 is 1.25 bits per heavy atom. The van der Waals surface area contributed by atoms with Crippen LogP contribution < -0.4 is 5.32 Å². The maximum absolute atomic E-state index is 11.7. The average molecular weight is 385 g/mol. The van der Waals surface area contributed by atoms with Gasteiger partial charge in [-0.05, 0) is 49.9 Å². The van der Waals surface area contributed by atoms with E-state index in [0.29, 0.717) is 24.2 Å². The molecule has 2 fully saturated rings. The normalized spacial score (nSPS) is 50.2. The van der Waals surface area contributed by atoms with Gasteiger partial charge in [0.25, 0.3) is 0 Å². The van der Waals surface area contributed by atoms with Gasteiger partial charge in [0.05, 0.1) is 0 Å². The Balaban J connectivity index is 1.70. The highest BCUT2D eigenvalue weighted by Crippen LogP contribution is 2.62. The number of hydrogen-bond acceptors (Lipinski definition) is 1. The minimum atomic E-state index is 0.230. The number of carbonyl (C=O) groups excluding carboxylic acids is 1. The second-order valence-corrected chi connectivity index (χ2v) is 11.5. The second-order valence-electron chi connectivity index (χ2n) is 7.51. The molecule has 3 heteroatoms. The molecule has 2 nitrogen and oxygen atoms in total. The van der Waals surface area contributed by atoms with Gasteiger partial charge in [-0.2, -0.15) is 0 Å². The summed E-state index contributed by atoms with van der Waals surface area (Å²) < 4.78 is 3.33. The van der Waals surface area contributed by atoms with E-state index in [-0.39, 0.29) is 11.3 Å². The number of carbonyl (C=O) groups is 1. The third-order valence-electron chi connectivity index (χ3n) is 6.59. The lowest BCUT2D eigenvalue weighted by molar-refractivity contribution is -0.124. The molecule has 0 aromatic carbocycles. The van der Waals surface area contributed by atoms with Crippen molar-refractivity contribution in [1.82, 2.24) is 5.32 Å². The number of piperidine rings is 1. The van der Waals surface area contributed by atoms with Crippen LogP contribution in [0.1, 0.15) is 52.4 Å². The second kappa shape index (κ2) is 4.40. The van der Waals surface area contributed by atoms with E-state index < -0.39 is 0 Å². The molecule has 1 saturated carbocycles. The molecule has 110 valence electrons. The molecule has 0 aromatic heterocycles. The lowest BCUT2D eigenvalue weighted by Gasteiger charge is -2.56. The van der Waals surface area contributed by atoms with Crippen LogP contribution in [0.3, 0.4) is 0 Å². The van der Waals surface area contributed by atoms with Crippen molar-refractivity contribution < 1.29 is 4.79 Å². The number of alkyl halides is 1. The highest BCUT2D eigenvalue weighted by Gasteiger charge is 2.55. The molecule has 2 aliphatic carbocycles. The molecular weight excluding hydrogens is 361 g/mol. The van der Waals surface area contributed by atoms with Gasteiger partial charge >= 0.3 is 0 Å². The van der Waals surface area contributed by atoms with E-state index >= 15 is 0 Å². The predicted molar refractivity (Wildman–Crippen MR) is 91.0 cm³/mol. The molecule has 0 aromatic rings. The van der Waals surface area contributed by atoms with Crippen LogP contribution in [0, 0.1) is 23.2 Å². The molecule has 20 heavy (non-hydrogen) atoms. The number of rotatable bonds is 0. The number of hydrogen-bond donors (Lipinski definition) is 1. The van der Waals surface area contributed by atoms with E-state index in [1.165, 1.54) is 31.4 Å². The van der Waals surface area contributed by atoms with Gasteiger partial charge in [-0.25, -0.2) is 0 Å². The Labute approximate surface area is 131 Å². The van der Waals surface area contributed by atoms with E-state index in [0.717, 1.165) is 30.6 Å². The first-order chi connectivity index (χ1) is 9.53. The van der Waals surface area contributed by atoms with Crippen molar-refractivity contribution in [2.45, 2.75) is 55.8 Å². The van der Waals surface area contributed by atoms with E-state index in [4.69, 9.17) is 0 Å². The number of amides is 1. The summed E-state index contributed by atoms with van der Waals surface area (Å²) in [4.78, 5) is 11.7. The Kier molecular flexibility index (Phi) is 2.97. The van der Waals surface area contributed by atoms with E-state index in [1.807, 2.05) is 0 Å². The molecule has 4 rings (SSSR count). The standard InChI is InChI=1S/C17H24INO/c1-16-8-6-15(20)19-14(16)4-3-11-12(16)5-9-17(2)13(11)7-10-18-17/h4,10-13H,3,5-9H2,1-2H3,(H,19,20)/t11-,12+,13+,16-,17+/m1/s1. The zero-order chi connectivity index (χ0) is 14.0. The number of fused-ring (bicyclic) bond motifs is 5. The quantitative estimate of drug-likeness (QED) is 0.499. The molecule has 1 amide bonds. The summed E-state index contributed by atoms with van der Waals surface area (Å²) in [5.41, 5.74) is 1.51. The molecule has 1 N–H and O–H groups in total. The third-order valence-corrected chi connectivity index (χ3v) is 10.3. The summed E-state index contributed by atoms with van der Waals surface area (Å²) in [7, 11) is 0. The molecule has 0 unspecified atom stereocenters. The Hall–Kier alpha value is -0.190. The maximum Gasteiger partial charge on any atom is 0.224 e. The molecule has 4 aliphatic rings. The highest BCUT2D eigenvalue weighted by molar-refractivity contribution is 14.2. The van der Waals surface area contributed by atoms with E-state index in [9.17, 15) is 4.79 Å². The van der Waals surface area contributed by atoms with Gasteiger partial charge in [-0.1, -0.05) is 23.9 Å². The molecule has 0 radical (unpaired) electrons. The van der Waals surface area contributed by atoms with Crippen LogP contribution in [0.15, 0.2) is 11.8 Å². The van der Waals surface area contributed by atoms with Gasteiger partial charge in [-0.3, -0.25) is 4.79 Å².